The van der Waals surface area contributed by atoms with Crippen molar-refractivity contribution >= 4 is 10.8 Å². The number of rotatable bonds is 2. The van der Waals surface area contributed by atoms with Crippen molar-refractivity contribution in [3.8, 4) is 0 Å². The largest absolute Gasteiger partial charge is 0.393 e. The molecule has 72 valence electrons. The second kappa shape index (κ2) is 3.72. The molecule has 0 fully saturated rings. The number of fused-ring (bicyclic) bond motifs is 1. The van der Waals surface area contributed by atoms with Crippen molar-refractivity contribution in [3.05, 3.63) is 36.2 Å². The Kier molecular flexibility index (Phi) is 2.41. The first kappa shape index (κ1) is 9.09. The zero-order valence-electron chi connectivity index (χ0n) is 8.01. The minimum atomic E-state index is -0.380. The van der Waals surface area contributed by atoms with Crippen LogP contribution in [0.25, 0.3) is 10.8 Å². The molecule has 1 aromatic carbocycles. The van der Waals surface area contributed by atoms with Crippen LogP contribution in [0.4, 0.5) is 0 Å². The highest BCUT2D eigenvalue weighted by Crippen LogP contribution is 2.16. The van der Waals surface area contributed by atoms with E-state index in [1.54, 1.807) is 13.1 Å². The minimum Gasteiger partial charge on any atom is -0.393 e. The van der Waals surface area contributed by atoms with Crippen LogP contribution in [0.5, 0.6) is 0 Å². The SMILES string of the molecule is CC(O)Cc1nncc2ccccc12. The maximum absolute atomic E-state index is 9.30. The molecule has 1 unspecified atom stereocenters. The van der Waals surface area contributed by atoms with Gasteiger partial charge in [0.1, 0.15) is 0 Å². The molecule has 1 aromatic heterocycles. The summed E-state index contributed by atoms with van der Waals surface area (Å²) < 4.78 is 0. The topological polar surface area (TPSA) is 46.0 Å². The van der Waals surface area contributed by atoms with Crippen LogP contribution >= 0.6 is 0 Å². The third-order valence-corrected chi connectivity index (χ3v) is 2.14. The quantitative estimate of drug-likeness (QED) is 0.777. The van der Waals surface area contributed by atoms with Gasteiger partial charge in [0.2, 0.25) is 0 Å². The van der Waals surface area contributed by atoms with Crippen LogP contribution in [0, 0.1) is 0 Å². The van der Waals surface area contributed by atoms with Gasteiger partial charge in [-0.25, -0.2) is 0 Å². The summed E-state index contributed by atoms with van der Waals surface area (Å²) in [5, 5.41) is 19.4. The lowest BCUT2D eigenvalue weighted by Crippen LogP contribution is -2.07. The highest BCUT2D eigenvalue weighted by Gasteiger charge is 2.05. The predicted octanol–water partition coefficient (Wildman–Crippen LogP) is 1.55. The molecule has 0 radical (unpaired) electrons. The Hall–Kier alpha value is -1.48. The highest BCUT2D eigenvalue weighted by atomic mass is 16.3. The van der Waals surface area contributed by atoms with Gasteiger partial charge in [-0.05, 0) is 6.92 Å². The molecular formula is C11H12N2O. The normalized spacial score (nSPS) is 13.0. The summed E-state index contributed by atoms with van der Waals surface area (Å²) in [5.41, 5.74) is 0.859. The molecular weight excluding hydrogens is 176 g/mol. The highest BCUT2D eigenvalue weighted by molar-refractivity contribution is 5.83. The lowest BCUT2D eigenvalue weighted by molar-refractivity contribution is 0.194. The van der Waals surface area contributed by atoms with E-state index in [9.17, 15) is 5.11 Å². The van der Waals surface area contributed by atoms with Gasteiger partial charge in [-0.15, -0.1) is 0 Å². The van der Waals surface area contributed by atoms with Crippen molar-refractivity contribution in [1.29, 1.82) is 0 Å². The van der Waals surface area contributed by atoms with Gasteiger partial charge in [0, 0.05) is 17.2 Å². The van der Waals surface area contributed by atoms with Crippen LogP contribution in [-0.2, 0) is 6.42 Å². The Balaban J connectivity index is 2.53. The first-order valence-electron chi connectivity index (χ1n) is 4.65. The van der Waals surface area contributed by atoms with E-state index in [-0.39, 0.29) is 6.10 Å². The molecule has 2 aromatic rings. The summed E-state index contributed by atoms with van der Waals surface area (Å²) >= 11 is 0. The Morgan fingerprint density at radius 3 is 2.93 bits per heavy atom. The summed E-state index contributed by atoms with van der Waals surface area (Å²) in [6, 6.07) is 7.93. The Morgan fingerprint density at radius 1 is 1.36 bits per heavy atom. The van der Waals surface area contributed by atoms with Gasteiger partial charge in [-0.1, -0.05) is 24.3 Å². The number of nitrogens with zero attached hydrogens (tertiary/aromatic N) is 2. The van der Waals surface area contributed by atoms with E-state index in [1.165, 1.54) is 0 Å². The fourth-order valence-corrected chi connectivity index (χ4v) is 1.52. The van der Waals surface area contributed by atoms with Crippen LogP contribution in [0.2, 0.25) is 0 Å². The van der Waals surface area contributed by atoms with E-state index in [0.29, 0.717) is 6.42 Å². The summed E-state index contributed by atoms with van der Waals surface area (Å²) in [5.74, 6) is 0. The van der Waals surface area contributed by atoms with Crippen LogP contribution in [-0.4, -0.2) is 21.4 Å². The Bertz CT molecular complexity index is 435. The molecule has 3 nitrogen and oxygen atoms in total. The van der Waals surface area contributed by atoms with Crippen LogP contribution < -0.4 is 0 Å². The molecule has 3 heteroatoms. The molecule has 1 atom stereocenters. The predicted molar refractivity (Wildman–Crippen MR) is 54.9 cm³/mol. The molecule has 14 heavy (non-hydrogen) atoms. The van der Waals surface area contributed by atoms with Gasteiger partial charge in [0.05, 0.1) is 18.0 Å². The molecule has 0 bridgehead atoms. The van der Waals surface area contributed by atoms with Gasteiger partial charge in [0.25, 0.3) is 0 Å². The molecule has 0 amide bonds. The summed E-state index contributed by atoms with van der Waals surface area (Å²) in [6.07, 6.45) is 1.91. The Morgan fingerprint density at radius 2 is 2.14 bits per heavy atom. The van der Waals surface area contributed by atoms with E-state index in [4.69, 9.17) is 0 Å². The van der Waals surface area contributed by atoms with Crippen molar-refractivity contribution in [1.82, 2.24) is 10.2 Å². The van der Waals surface area contributed by atoms with Crippen LogP contribution in [0.15, 0.2) is 30.5 Å². The van der Waals surface area contributed by atoms with Crippen molar-refractivity contribution in [2.75, 3.05) is 0 Å². The number of hydrogen-bond donors (Lipinski definition) is 1. The lowest BCUT2D eigenvalue weighted by Gasteiger charge is -2.05. The minimum absolute atomic E-state index is 0.380. The van der Waals surface area contributed by atoms with E-state index in [2.05, 4.69) is 10.2 Å². The molecule has 0 aliphatic heterocycles. The number of aliphatic hydroxyl groups excluding tert-OH is 1. The standard InChI is InChI=1S/C11H12N2O/c1-8(14)6-11-10-5-3-2-4-9(10)7-12-13-11/h2-5,7-8,14H,6H2,1H3. The van der Waals surface area contributed by atoms with Crippen molar-refractivity contribution in [2.24, 2.45) is 0 Å². The molecule has 2 rings (SSSR count). The van der Waals surface area contributed by atoms with Crippen molar-refractivity contribution in [2.45, 2.75) is 19.4 Å². The second-order valence-corrected chi connectivity index (χ2v) is 3.43. The second-order valence-electron chi connectivity index (χ2n) is 3.43. The van der Waals surface area contributed by atoms with Crippen LogP contribution in [0.3, 0.4) is 0 Å². The number of aromatic nitrogens is 2. The first-order valence-corrected chi connectivity index (χ1v) is 4.65. The molecule has 0 spiro atoms. The third-order valence-electron chi connectivity index (χ3n) is 2.14. The van der Waals surface area contributed by atoms with Gasteiger partial charge in [0.15, 0.2) is 0 Å². The van der Waals surface area contributed by atoms with Gasteiger partial charge < -0.3 is 5.11 Å². The van der Waals surface area contributed by atoms with Gasteiger partial charge in [-0.2, -0.15) is 10.2 Å². The van der Waals surface area contributed by atoms with Gasteiger partial charge in [-0.3, -0.25) is 0 Å². The third kappa shape index (κ3) is 1.72. The zero-order valence-corrected chi connectivity index (χ0v) is 8.01. The molecule has 0 saturated carbocycles. The molecule has 0 aliphatic rings. The fourth-order valence-electron chi connectivity index (χ4n) is 1.52. The average Bonchev–Trinajstić information content (AvgIpc) is 2.18. The summed E-state index contributed by atoms with van der Waals surface area (Å²) in [6.45, 7) is 1.75. The average molecular weight is 188 g/mol. The molecule has 0 aliphatic carbocycles. The zero-order chi connectivity index (χ0) is 9.97. The maximum atomic E-state index is 9.30. The van der Waals surface area contributed by atoms with Crippen molar-refractivity contribution in [3.63, 3.8) is 0 Å². The van der Waals surface area contributed by atoms with E-state index in [1.807, 2.05) is 24.3 Å². The summed E-state index contributed by atoms with van der Waals surface area (Å²) in [7, 11) is 0. The van der Waals surface area contributed by atoms with Gasteiger partial charge >= 0.3 is 0 Å². The lowest BCUT2D eigenvalue weighted by atomic mass is 10.1. The number of aliphatic hydroxyl groups is 1. The van der Waals surface area contributed by atoms with Crippen molar-refractivity contribution < 1.29 is 5.11 Å². The monoisotopic (exact) mass is 188 g/mol. The smallest absolute Gasteiger partial charge is 0.0734 e. The molecule has 1 heterocycles. The molecule has 1 N–H and O–H groups in total. The fraction of sp³-hybridized carbons (Fsp3) is 0.273. The van der Waals surface area contributed by atoms with E-state index < -0.39 is 0 Å². The number of benzene rings is 1. The maximum Gasteiger partial charge on any atom is 0.0734 e. The van der Waals surface area contributed by atoms with E-state index in [0.717, 1.165) is 16.5 Å². The number of hydrogen-bond acceptors (Lipinski definition) is 3. The summed E-state index contributed by atoms with van der Waals surface area (Å²) in [4.78, 5) is 0. The van der Waals surface area contributed by atoms with Crippen LogP contribution in [0.1, 0.15) is 12.6 Å². The Labute approximate surface area is 82.4 Å². The first-order chi connectivity index (χ1) is 6.77. The molecule has 0 saturated heterocycles. The van der Waals surface area contributed by atoms with E-state index >= 15 is 0 Å².